The molecular formula is C22H27N3O3. The van der Waals surface area contributed by atoms with Crippen LogP contribution in [0.5, 0.6) is 0 Å². The molecule has 1 aliphatic carbocycles. The summed E-state index contributed by atoms with van der Waals surface area (Å²) in [4.78, 5) is 26.3. The van der Waals surface area contributed by atoms with Gasteiger partial charge in [-0.1, -0.05) is 35.5 Å². The molecule has 0 atom stereocenters. The second-order valence-corrected chi connectivity index (χ2v) is 7.94. The van der Waals surface area contributed by atoms with Gasteiger partial charge in [-0.05, 0) is 50.0 Å². The van der Waals surface area contributed by atoms with Gasteiger partial charge in [0, 0.05) is 31.0 Å². The number of piperidine rings is 1. The monoisotopic (exact) mass is 381 g/mol. The van der Waals surface area contributed by atoms with E-state index in [4.69, 9.17) is 10.3 Å². The Hall–Kier alpha value is -2.63. The number of rotatable bonds is 7. The Morgan fingerprint density at radius 2 is 1.79 bits per heavy atom. The molecule has 2 aliphatic rings. The van der Waals surface area contributed by atoms with Crippen LogP contribution in [0.4, 0.5) is 0 Å². The SMILES string of the molecule is NC(=O)c1noc(C2CC2)c1C1CCN(C(=O)CCCc2ccccc2)CC1. The predicted molar refractivity (Wildman–Crippen MR) is 105 cm³/mol. The molecule has 1 aliphatic heterocycles. The van der Waals surface area contributed by atoms with E-state index < -0.39 is 5.91 Å². The first-order valence-corrected chi connectivity index (χ1v) is 10.2. The molecule has 2 fully saturated rings. The van der Waals surface area contributed by atoms with Crippen molar-refractivity contribution in [3.8, 4) is 0 Å². The van der Waals surface area contributed by atoms with Crippen molar-refractivity contribution in [3.05, 3.63) is 52.9 Å². The number of nitrogens with two attached hydrogens (primary N) is 1. The topological polar surface area (TPSA) is 89.4 Å². The average molecular weight is 381 g/mol. The molecule has 1 aromatic carbocycles. The fourth-order valence-corrected chi connectivity index (χ4v) is 4.19. The maximum Gasteiger partial charge on any atom is 0.271 e. The lowest BCUT2D eigenvalue weighted by Crippen LogP contribution is -2.38. The highest BCUT2D eigenvalue weighted by molar-refractivity contribution is 5.92. The molecule has 1 saturated heterocycles. The van der Waals surface area contributed by atoms with Crippen LogP contribution in [0.15, 0.2) is 34.9 Å². The molecule has 148 valence electrons. The molecule has 0 radical (unpaired) electrons. The predicted octanol–water partition coefficient (Wildman–Crippen LogP) is 3.38. The van der Waals surface area contributed by atoms with Gasteiger partial charge in [0.15, 0.2) is 5.69 Å². The van der Waals surface area contributed by atoms with E-state index in [1.165, 1.54) is 5.56 Å². The highest BCUT2D eigenvalue weighted by Crippen LogP contribution is 2.46. The Morgan fingerprint density at radius 3 is 2.43 bits per heavy atom. The summed E-state index contributed by atoms with van der Waals surface area (Å²) >= 11 is 0. The maximum absolute atomic E-state index is 12.6. The zero-order valence-corrected chi connectivity index (χ0v) is 16.1. The van der Waals surface area contributed by atoms with E-state index in [2.05, 4.69) is 17.3 Å². The Morgan fingerprint density at radius 1 is 1.07 bits per heavy atom. The number of aryl methyl sites for hydroxylation is 1. The number of amides is 2. The molecule has 1 saturated carbocycles. The minimum absolute atomic E-state index is 0.192. The molecule has 4 rings (SSSR count). The summed E-state index contributed by atoms with van der Waals surface area (Å²) in [6, 6.07) is 10.3. The van der Waals surface area contributed by atoms with Gasteiger partial charge in [-0.2, -0.15) is 0 Å². The summed E-state index contributed by atoms with van der Waals surface area (Å²) < 4.78 is 5.47. The number of aromatic nitrogens is 1. The number of carbonyl (C=O) groups excluding carboxylic acids is 2. The number of likely N-dealkylation sites (tertiary alicyclic amines) is 1. The van der Waals surface area contributed by atoms with Crippen molar-refractivity contribution in [2.45, 2.75) is 56.8 Å². The van der Waals surface area contributed by atoms with Crippen molar-refractivity contribution in [3.63, 3.8) is 0 Å². The van der Waals surface area contributed by atoms with Crippen molar-refractivity contribution < 1.29 is 14.1 Å². The molecule has 6 nitrogen and oxygen atoms in total. The zero-order valence-electron chi connectivity index (χ0n) is 16.1. The van der Waals surface area contributed by atoms with Crippen LogP contribution >= 0.6 is 0 Å². The lowest BCUT2D eigenvalue weighted by molar-refractivity contribution is -0.132. The molecule has 2 amide bonds. The van der Waals surface area contributed by atoms with Crippen LogP contribution in [0, 0.1) is 0 Å². The van der Waals surface area contributed by atoms with E-state index >= 15 is 0 Å². The second-order valence-electron chi connectivity index (χ2n) is 7.94. The van der Waals surface area contributed by atoms with Crippen molar-refractivity contribution in [1.29, 1.82) is 0 Å². The van der Waals surface area contributed by atoms with Crippen molar-refractivity contribution in [1.82, 2.24) is 10.1 Å². The number of hydrogen-bond acceptors (Lipinski definition) is 4. The van der Waals surface area contributed by atoms with Crippen molar-refractivity contribution >= 4 is 11.8 Å². The van der Waals surface area contributed by atoms with Crippen LogP contribution in [0.2, 0.25) is 0 Å². The van der Waals surface area contributed by atoms with Crippen LogP contribution in [0.25, 0.3) is 0 Å². The van der Waals surface area contributed by atoms with E-state index in [1.807, 2.05) is 23.1 Å². The van der Waals surface area contributed by atoms with E-state index in [0.717, 1.165) is 49.8 Å². The van der Waals surface area contributed by atoms with Crippen LogP contribution in [-0.2, 0) is 11.2 Å². The molecule has 0 unspecified atom stereocenters. The third-order valence-corrected chi connectivity index (χ3v) is 5.89. The Bertz CT molecular complexity index is 834. The molecule has 0 bridgehead atoms. The van der Waals surface area contributed by atoms with E-state index in [9.17, 15) is 9.59 Å². The first-order chi connectivity index (χ1) is 13.6. The van der Waals surface area contributed by atoms with Crippen LogP contribution in [0.3, 0.4) is 0 Å². The zero-order chi connectivity index (χ0) is 19.5. The Labute approximate surface area is 165 Å². The number of carbonyl (C=O) groups is 2. The van der Waals surface area contributed by atoms with E-state index in [-0.39, 0.29) is 17.5 Å². The summed E-state index contributed by atoms with van der Waals surface area (Å²) in [7, 11) is 0. The van der Waals surface area contributed by atoms with E-state index in [1.54, 1.807) is 0 Å². The first kappa shape index (κ1) is 18.7. The lowest BCUT2D eigenvalue weighted by Gasteiger charge is -2.32. The van der Waals surface area contributed by atoms with Gasteiger partial charge in [0.2, 0.25) is 5.91 Å². The summed E-state index contributed by atoms with van der Waals surface area (Å²) in [6.45, 7) is 1.42. The smallest absolute Gasteiger partial charge is 0.271 e. The van der Waals surface area contributed by atoms with Crippen molar-refractivity contribution in [2.24, 2.45) is 5.73 Å². The number of hydrogen-bond donors (Lipinski definition) is 1. The third kappa shape index (κ3) is 4.11. The van der Waals surface area contributed by atoms with Crippen LogP contribution in [-0.4, -0.2) is 35.0 Å². The fraction of sp³-hybridized carbons (Fsp3) is 0.500. The van der Waals surface area contributed by atoms with Gasteiger partial charge < -0.3 is 15.2 Å². The number of benzene rings is 1. The molecule has 6 heteroatoms. The maximum atomic E-state index is 12.6. The molecule has 2 aromatic rings. The molecule has 1 aromatic heterocycles. The van der Waals surface area contributed by atoms with Gasteiger partial charge in [0.1, 0.15) is 5.76 Å². The van der Waals surface area contributed by atoms with Crippen LogP contribution in [0.1, 0.15) is 77.7 Å². The largest absolute Gasteiger partial charge is 0.364 e. The fourth-order valence-electron chi connectivity index (χ4n) is 4.19. The summed E-state index contributed by atoms with van der Waals surface area (Å²) in [6.07, 6.45) is 6.19. The van der Waals surface area contributed by atoms with Gasteiger partial charge in [0.25, 0.3) is 5.91 Å². The normalized spacial score (nSPS) is 17.6. The second kappa shape index (κ2) is 8.17. The summed E-state index contributed by atoms with van der Waals surface area (Å²) in [5, 5.41) is 3.95. The van der Waals surface area contributed by atoms with Crippen LogP contribution < -0.4 is 5.73 Å². The lowest BCUT2D eigenvalue weighted by atomic mass is 9.86. The first-order valence-electron chi connectivity index (χ1n) is 10.2. The van der Waals surface area contributed by atoms with Gasteiger partial charge in [-0.3, -0.25) is 9.59 Å². The highest BCUT2D eigenvalue weighted by atomic mass is 16.5. The van der Waals surface area contributed by atoms with Gasteiger partial charge in [-0.15, -0.1) is 0 Å². The van der Waals surface area contributed by atoms with Crippen molar-refractivity contribution in [2.75, 3.05) is 13.1 Å². The third-order valence-electron chi connectivity index (χ3n) is 5.89. The summed E-state index contributed by atoms with van der Waals surface area (Å²) in [5.41, 5.74) is 7.97. The minimum atomic E-state index is -0.523. The standard InChI is InChI=1S/C22H27N3O3/c23-22(27)20-19(21(28-24-20)17-9-10-17)16-11-13-25(14-12-16)18(26)8-4-7-15-5-2-1-3-6-15/h1-3,5-6,16-17H,4,7-14H2,(H2,23,27). The van der Waals surface area contributed by atoms with E-state index in [0.29, 0.717) is 25.4 Å². The minimum Gasteiger partial charge on any atom is -0.364 e. The molecular weight excluding hydrogens is 354 g/mol. The molecule has 0 spiro atoms. The quantitative estimate of drug-likeness (QED) is 0.796. The molecule has 2 N–H and O–H groups in total. The Kier molecular flexibility index (Phi) is 5.46. The number of primary amides is 1. The van der Waals surface area contributed by atoms with Gasteiger partial charge in [-0.25, -0.2) is 0 Å². The highest BCUT2D eigenvalue weighted by Gasteiger charge is 2.37. The van der Waals surface area contributed by atoms with Gasteiger partial charge in [0.05, 0.1) is 0 Å². The molecule has 2 heterocycles. The Balaban J connectivity index is 1.32. The average Bonchev–Trinajstić information content (AvgIpc) is 3.46. The molecule has 28 heavy (non-hydrogen) atoms. The summed E-state index contributed by atoms with van der Waals surface area (Å²) in [5.74, 6) is 1.12. The van der Waals surface area contributed by atoms with Gasteiger partial charge >= 0.3 is 0 Å². The number of nitrogens with zero attached hydrogens (tertiary/aromatic N) is 2.